The van der Waals surface area contributed by atoms with E-state index in [0.717, 1.165) is 0 Å². The summed E-state index contributed by atoms with van der Waals surface area (Å²) in [6.07, 6.45) is 0.613. The van der Waals surface area contributed by atoms with Crippen LogP contribution in [0.15, 0.2) is 18.2 Å². The summed E-state index contributed by atoms with van der Waals surface area (Å²) in [4.78, 5) is 47.4. The average molecular weight is 475 g/mol. The van der Waals surface area contributed by atoms with Crippen molar-refractivity contribution in [2.75, 3.05) is 31.7 Å². The molecule has 1 aromatic carbocycles. The third kappa shape index (κ3) is 5.63. The molecule has 2 aromatic rings. The smallest absolute Gasteiger partial charge is 0.339 e. The van der Waals surface area contributed by atoms with Crippen molar-refractivity contribution in [1.29, 1.82) is 0 Å². The Kier molecular flexibility index (Phi) is 7.71. The van der Waals surface area contributed by atoms with Gasteiger partial charge in [0, 0.05) is 23.9 Å². The number of esters is 2. The molecular weight excluding hydrogens is 450 g/mol. The van der Waals surface area contributed by atoms with Crippen LogP contribution in [-0.4, -0.2) is 53.8 Å². The largest absolute Gasteiger partial charge is 0.489 e. The van der Waals surface area contributed by atoms with Crippen molar-refractivity contribution in [3.63, 3.8) is 0 Å². The molecule has 0 radical (unpaired) electrons. The molecule has 0 aliphatic carbocycles. The Morgan fingerprint density at radius 1 is 1.12 bits per heavy atom. The summed E-state index contributed by atoms with van der Waals surface area (Å²) in [5.74, 6) is -1.49. The van der Waals surface area contributed by atoms with E-state index in [1.165, 1.54) is 12.1 Å². The second kappa shape index (κ2) is 10.7. The first-order valence-electron chi connectivity index (χ1n) is 10.6. The number of rotatable bonds is 8. The van der Waals surface area contributed by atoms with Crippen LogP contribution >= 0.6 is 0 Å². The molecule has 3 rings (SSSR count). The van der Waals surface area contributed by atoms with Crippen molar-refractivity contribution in [1.82, 2.24) is 4.57 Å². The molecule has 0 atom stereocenters. The first-order valence-corrected chi connectivity index (χ1v) is 10.6. The molecule has 0 unspecified atom stereocenters. The van der Waals surface area contributed by atoms with Crippen molar-refractivity contribution < 1.29 is 38.3 Å². The Morgan fingerprint density at radius 3 is 2.44 bits per heavy atom. The molecule has 0 spiro atoms. The van der Waals surface area contributed by atoms with Gasteiger partial charge in [-0.25, -0.2) is 4.79 Å². The molecule has 182 valence electrons. The maximum Gasteiger partial charge on any atom is 0.339 e. The average Bonchev–Trinajstić information content (AvgIpc) is 2.94. The number of hydrogen-bond donors (Lipinski definition) is 1. The summed E-state index contributed by atoms with van der Waals surface area (Å²) in [7, 11) is 0. The molecule has 1 aromatic heterocycles. The second-order valence-corrected chi connectivity index (χ2v) is 7.42. The van der Waals surface area contributed by atoms with Crippen molar-refractivity contribution in [3.8, 4) is 11.5 Å². The lowest BCUT2D eigenvalue weighted by Crippen LogP contribution is -2.24. The van der Waals surface area contributed by atoms with E-state index in [1.54, 1.807) is 31.4 Å². The van der Waals surface area contributed by atoms with Crippen molar-refractivity contribution in [3.05, 3.63) is 45.3 Å². The second-order valence-electron chi connectivity index (χ2n) is 7.42. The van der Waals surface area contributed by atoms with E-state index in [0.29, 0.717) is 36.6 Å². The maximum atomic E-state index is 12.3. The van der Waals surface area contributed by atoms with Crippen LogP contribution in [0.25, 0.3) is 0 Å². The van der Waals surface area contributed by atoms with Gasteiger partial charge in [0.15, 0.2) is 18.1 Å². The number of amides is 1. The third-order valence-corrected chi connectivity index (χ3v) is 5.06. The minimum atomic E-state index is -0.765. The summed E-state index contributed by atoms with van der Waals surface area (Å²) in [6, 6.07) is 4.10. The monoisotopic (exact) mass is 475 g/mol. The number of nitrogens with zero attached hydrogens (tertiary/aromatic N) is 2. The number of carbonyl (C=O) groups is 3. The lowest BCUT2D eigenvalue weighted by molar-refractivity contribution is -0.384. The fraction of sp³-hybridized carbons (Fsp3) is 0.409. The first-order chi connectivity index (χ1) is 16.2. The van der Waals surface area contributed by atoms with Gasteiger partial charge in [0.05, 0.1) is 36.4 Å². The van der Waals surface area contributed by atoms with E-state index in [9.17, 15) is 24.5 Å². The number of ether oxygens (including phenoxy) is 4. The number of benzene rings is 1. The number of carbonyl (C=O) groups excluding carboxylic acids is 3. The Bertz CT molecular complexity index is 1120. The summed E-state index contributed by atoms with van der Waals surface area (Å²) in [5.41, 5.74) is 1.03. The number of nitro benzene ring substituents is 1. The minimum absolute atomic E-state index is 0.105. The third-order valence-electron chi connectivity index (χ3n) is 5.06. The number of aromatic nitrogens is 1. The van der Waals surface area contributed by atoms with Crippen LogP contribution in [0.4, 0.5) is 11.4 Å². The SMILES string of the molecule is CCOC(=O)c1cc(C)n(CC(=O)OCC(=O)Nc2cc3c(cc2[N+](=O)[O-])OCCCO3)c1C. The highest BCUT2D eigenvalue weighted by molar-refractivity contribution is 5.95. The predicted octanol–water partition coefficient (Wildman–Crippen LogP) is 2.53. The number of nitrogens with one attached hydrogen (secondary N) is 1. The van der Waals surface area contributed by atoms with Crippen molar-refractivity contribution in [2.24, 2.45) is 0 Å². The number of anilines is 1. The molecule has 12 nitrogen and oxygen atoms in total. The maximum absolute atomic E-state index is 12.3. The van der Waals surface area contributed by atoms with Gasteiger partial charge in [0.25, 0.3) is 11.6 Å². The summed E-state index contributed by atoms with van der Waals surface area (Å²) in [6.45, 7) is 5.14. The molecule has 2 heterocycles. The van der Waals surface area contributed by atoms with Crippen LogP contribution in [0.1, 0.15) is 35.1 Å². The Labute approximate surface area is 194 Å². The molecule has 0 bridgehead atoms. The molecular formula is C22H25N3O9. The van der Waals surface area contributed by atoms with E-state index in [-0.39, 0.29) is 36.0 Å². The van der Waals surface area contributed by atoms with E-state index < -0.39 is 29.4 Å². The molecule has 12 heteroatoms. The van der Waals surface area contributed by atoms with Crippen LogP contribution in [0, 0.1) is 24.0 Å². The fourth-order valence-electron chi connectivity index (χ4n) is 3.42. The van der Waals surface area contributed by atoms with Gasteiger partial charge in [-0.15, -0.1) is 0 Å². The fourth-order valence-corrected chi connectivity index (χ4v) is 3.42. The zero-order chi connectivity index (χ0) is 24.8. The van der Waals surface area contributed by atoms with Crippen molar-refractivity contribution >= 4 is 29.2 Å². The first kappa shape index (κ1) is 24.6. The van der Waals surface area contributed by atoms with Crippen molar-refractivity contribution in [2.45, 2.75) is 33.7 Å². The van der Waals surface area contributed by atoms with E-state index in [1.807, 2.05) is 0 Å². The van der Waals surface area contributed by atoms with Gasteiger partial charge >= 0.3 is 11.9 Å². The molecule has 0 fully saturated rings. The van der Waals surface area contributed by atoms with Gasteiger partial charge in [-0.05, 0) is 26.8 Å². The van der Waals surface area contributed by atoms with Gasteiger partial charge in [-0.2, -0.15) is 0 Å². The molecule has 0 saturated heterocycles. The Hall–Kier alpha value is -4.09. The van der Waals surface area contributed by atoms with Gasteiger partial charge in [-0.1, -0.05) is 0 Å². The van der Waals surface area contributed by atoms with Crippen LogP contribution in [-0.2, 0) is 25.6 Å². The van der Waals surface area contributed by atoms with E-state index >= 15 is 0 Å². The highest BCUT2D eigenvalue weighted by atomic mass is 16.6. The summed E-state index contributed by atoms with van der Waals surface area (Å²) < 4.78 is 22.5. The molecule has 34 heavy (non-hydrogen) atoms. The lowest BCUT2D eigenvalue weighted by atomic mass is 10.2. The van der Waals surface area contributed by atoms with E-state index in [4.69, 9.17) is 18.9 Å². The van der Waals surface area contributed by atoms with Gasteiger partial charge < -0.3 is 28.8 Å². The zero-order valence-corrected chi connectivity index (χ0v) is 19.0. The molecule has 1 N–H and O–H groups in total. The zero-order valence-electron chi connectivity index (χ0n) is 19.0. The number of nitro groups is 1. The lowest BCUT2D eigenvalue weighted by Gasteiger charge is -2.12. The molecule has 1 aliphatic heterocycles. The number of fused-ring (bicyclic) bond motifs is 1. The number of hydrogen-bond acceptors (Lipinski definition) is 9. The summed E-state index contributed by atoms with van der Waals surface area (Å²) in [5, 5.41) is 13.8. The number of aryl methyl sites for hydroxylation is 1. The van der Waals surface area contributed by atoms with Gasteiger partial charge in [0.1, 0.15) is 12.2 Å². The molecule has 1 aliphatic rings. The normalized spacial score (nSPS) is 12.4. The minimum Gasteiger partial charge on any atom is -0.489 e. The van der Waals surface area contributed by atoms with Crippen LogP contribution in [0.3, 0.4) is 0 Å². The van der Waals surface area contributed by atoms with E-state index in [2.05, 4.69) is 5.32 Å². The van der Waals surface area contributed by atoms with Gasteiger partial charge in [0.2, 0.25) is 0 Å². The standard InChI is InChI=1S/C22H25N3O9/c1-4-31-22(28)15-8-13(2)24(14(15)3)11-21(27)34-12-20(26)23-16-9-18-19(10-17(16)25(29)30)33-7-5-6-32-18/h8-10H,4-7,11-12H2,1-3H3,(H,23,26). The highest BCUT2D eigenvalue weighted by Crippen LogP contribution is 2.39. The summed E-state index contributed by atoms with van der Waals surface area (Å²) >= 11 is 0. The predicted molar refractivity (Wildman–Crippen MR) is 118 cm³/mol. The topological polar surface area (TPSA) is 148 Å². The highest BCUT2D eigenvalue weighted by Gasteiger charge is 2.24. The van der Waals surface area contributed by atoms with Crippen LogP contribution < -0.4 is 14.8 Å². The molecule has 1 amide bonds. The van der Waals surface area contributed by atoms with Gasteiger partial charge in [-0.3, -0.25) is 19.7 Å². The Morgan fingerprint density at radius 2 is 1.79 bits per heavy atom. The van der Waals surface area contributed by atoms with Crippen LogP contribution in [0.5, 0.6) is 11.5 Å². The quantitative estimate of drug-likeness (QED) is 0.345. The molecule has 0 saturated carbocycles. The van der Waals surface area contributed by atoms with Crippen LogP contribution in [0.2, 0.25) is 0 Å². The Balaban J connectivity index is 1.64.